The van der Waals surface area contributed by atoms with Gasteiger partial charge >= 0.3 is 0 Å². The van der Waals surface area contributed by atoms with Gasteiger partial charge in [-0.2, -0.15) is 5.10 Å². The molecule has 1 aliphatic rings. The predicted octanol–water partition coefficient (Wildman–Crippen LogP) is 2.31. The second-order valence-corrected chi connectivity index (χ2v) is 6.82. The molecule has 1 unspecified atom stereocenters. The molecule has 2 aromatic rings. The monoisotopic (exact) mass is 318 g/mol. The Hall–Kier alpha value is -1.76. The van der Waals surface area contributed by atoms with Crippen molar-refractivity contribution in [2.45, 2.75) is 59.5 Å². The summed E-state index contributed by atoms with van der Waals surface area (Å²) in [5, 5.41) is 12.8. The summed E-state index contributed by atoms with van der Waals surface area (Å²) in [5.41, 5.74) is 0. The molecular weight excluding hydrogens is 292 g/mol. The van der Waals surface area contributed by atoms with Crippen LogP contribution in [-0.2, 0) is 13.1 Å². The lowest BCUT2D eigenvalue weighted by Gasteiger charge is -2.31. The maximum Gasteiger partial charge on any atom is 0.230 e. The number of hydrogen-bond acceptors (Lipinski definition) is 6. The van der Waals surface area contributed by atoms with Crippen LogP contribution < -0.4 is 0 Å². The summed E-state index contributed by atoms with van der Waals surface area (Å²) >= 11 is 0. The van der Waals surface area contributed by atoms with Gasteiger partial charge in [0.1, 0.15) is 11.6 Å². The topological polar surface area (TPSA) is 72.9 Å². The van der Waals surface area contributed by atoms with Gasteiger partial charge in [0.15, 0.2) is 0 Å². The number of rotatable bonds is 5. The number of piperidine rings is 1. The minimum Gasteiger partial charge on any atom is -0.424 e. The molecule has 0 N–H and O–H groups in total. The van der Waals surface area contributed by atoms with E-state index in [0.717, 1.165) is 49.6 Å². The molecule has 0 aromatic carbocycles. The molecule has 126 valence electrons. The average Bonchev–Trinajstić information content (AvgIpc) is 3.07. The van der Waals surface area contributed by atoms with Crippen LogP contribution in [0, 0.1) is 19.8 Å². The smallest absolute Gasteiger partial charge is 0.230 e. The zero-order valence-electron chi connectivity index (χ0n) is 14.5. The number of likely N-dealkylation sites (tertiary alicyclic amines) is 1. The van der Waals surface area contributed by atoms with Crippen molar-refractivity contribution in [3.05, 3.63) is 23.4 Å². The highest BCUT2D eigenvalue weighted by molar-refractivity contribution is 4.90. The largest absolute Gasteiger partial charge is 0.424 e. The molecule has 0 spiro atoms. The van der Waals surface area contributed by atoms with E-state index >= 15 is 0 Å². The highest BCUT2D eigenvalue weighted by Gasteiger charge is 2.23. The number of nitrogens with zero attached hydrogens (tertiary/aromatic N) is 6. The molecule has 1 aliphatic heterocycles. The molecule has 0 radical (unpaired) electrons. The molecule has 0 saturated carbocycles. The molecule has 0 bridgehead atoms. The summed E-state index contributed by atoms with van der Waals surface area (Å²) in [4.78, 5) is 6.80. The third-order valence-corrected chi connectivity index (χ3v) is 4.33. The van der Waals surface area contributed by atoms with Gasteiger partial charge in [-0.1, -0.05) is 13.8 Å². The lowest BCUT2D eigenvalue weighted by molar-refractivity contribution is 0.140. The Kier molecular flexibility index (Phi) is 4.75. The van der Waals surface area contributed by atoms with Crippen LogP contribution in [-0.4, -0.2) is 43.0 Å². The van der Waals surface area contributed by atoms with Gasteiger partial charge < -0.3 is 4.42 Å². The van der Waals surface area contributed by atoms with Crippen molar-refractivity contribution in [2.24, 2.45) is 5.92 Å². The molecule has 7 heteroatoms. The maximum atomic E-state index is 5.73. The van der Waals surface area contributed by atoms with Gasteiger partial charge in [-0.3, -0.25) is 4.90 Å². The second-order valence-electron chi connectivity index (χ2n) is 6.82. The molecule has 3 rings (SSSR count). The third kappa shape index (κ3) is 3.96. The summed E-state index contributed by atoms with van der Waals surface area (Å²) in [6.07, 6.45) is 2.43. The zero-order chi connectivity index (χ0) is 16.4. The van der Waals surface area contributed by atoms with Crippen molar-refractivity contribution < 1.29 is 4.42 Å². The van der Waals surface area contributed by atoms with Gasteiger partial charge in [0.25, 0.3) is 0 Å². The van der Waals surface area contributed by atoms with E-state index < -0.39 is 0 Å². The molecule has 2 aromatic heterocycles. The first-order chi connectivity index (χ1) is 11.0. The number of aryl methyl sites for hydroxylation is 2. The van der Waals surface area contributed by atoms with E-state index in [1.165, 1.54) is 12.8 Å². The van der Waals surface area contributed by atoms with Crippen LogP contribution >= 0.6 is 0 Å². The van der Waals surface area contributed by atoms with Crippen molar-refractivity contribution in [3.63, 3.8) is 0 Å². The Morgan fingerprint density at radius 2 is 2.09 bits per heavy atom. The van der Waals surface area contributed by atoms with Gasteiger partial charge in [-0.05, 0) is 39.2 Å². The minimum atomic E-state index is 0.281. The first-order valence-corrected chi connectivity index (χ1v) is 8.44. The van der Waals surface area contributed by atoms with Gasteiger partial charge in [0.05, 0.1) is 6.54 Å². The van der Waals surface area contributed by atoms with E-state index in [-0.39, 0.29) is 5.92 Å². The van der Waals surface area contributed by atoms with Crippen LogP contribution in [0.3, 0.4) is 0 Å². The zero-order valence-corrected chi connectivity index (χ0v) is 14.5. The Balaban J connectivity index is 1.58. The second kappa shape index (κ2) is 6.78. The van der Waals surface area contributed by atoms with Crippen molar-refractivity contribution in [2.75, 3.05) is 13.1 Å². The minimum absolute atomic E-state index is 0.281. The molecule has 1 saturated heterocycles. The summed E-state index contributed by atoms with van der Waals surface area (Å²) in [6, 6.07) is 0. The number of aromatic nitrogens is 5. The molecule has 3 heterocycles. The summed E-state index contributed by atoms with van der Waals surface area (Å²) < 4.78 is 7.77. The van der Waals surface area contributed by atoms with Crippen LogP contribution in [0.1, 0.15) is 56.0 Å². The standard InChI is InChI=1S/C16H26N6O/c1-11(2)16-19-18-15(23-16)10-21-7-5-6-14(8-21)9-22-13(4)17-12(3)20-22/h11,14H,5-10H2,1-4H3. The molecule has 0 amide bonds. The van der Waals surface area contributed by atoms with Crippen LogP contribution in [0.4, 0.5) is 0 Å². The lowest BCUT2D eigenvalue weighted by Crippen LogP contribution is -2.37. The van der Waals surface area contributed by atoms with Gasteiger partial charge in [-0.15, -0.1) is 10.2 Å². The first kappa shape index (κ1) is 16.1. The fraction of sp³-hybridized carbons (Fsp3) is 0.750. The van der Waals surface area contributed by atoms with Gasteiger partial charge in [-0.25, -0.2) is 9.67 Å². The summed E-state index contributed by atoms with van der Waals surface area (Å²) in [5.74, 6) is 4.17. The summed E-state index contributed by atoms with van der Waals surface area (Å²) in [7, 11) is 0. The fourth-order valence-electron chi connectivity index (χ4n) is 3.18. The van der Waals surface area contributed by atoms with Crippen LogP contribution in [0.15, 0.2) is 4.42 Å². The molecule has 7 nitrogen and oxygen atoms in total. The van der Waals surface area contributed by atoms with E-state index in [2.05, 4.69) is 39.0 Å². The summed E-state index contributed by atoms with van der Waals surface area (Å²) in [6.45, 7) is 11.9. The fourth-order valence-corrected chi connectivity index (χ4v) is 3.18. The Morgan fingerprint density at radius 3 is 2.74 bits per heavy atom. The van der Waals surface area contributed by atoms with Crippen molar-refractivity contribution in [1.82, 2.24) is 29.9 Å². The molecule has 1 fully saturated rings. The van der Waals surface area contributed by atoms with E-state index in [9.17, 15) is 0 Å². The average molecular weight is 318 g/mol. The van der Waals surface area contributed by atoms with E-state index in [1.807, 2.05) is 18.5 Å². The van der Waals surface area contributed by atoms with Crippen molar-refractivity contribution in [1.29, 1.82) is 0 Å². The first-order valence-electron chi connectivity index (χ1n) is 8.44. The highest BCUT2D eigenvalue weighted by Crippen LogP contribution is 2.21. The van der Waals surface area contributed by atoms with Crippen LogP contribution in [0.2, 0.25) is 0 Å². The predicted molar refractivity (Wildman–Crippen MR) is 85.9 cm³/mol. The molecule has 1 atom stereocenters. The molecular formula is C16H26N6O. The Labute approximate surface area is 137 Å². The normalized spacial score (nSPS) is 19.6. The highest BCUT2D eigenvalue weighted by atomic mass is 16.4. The lowest BCUT2D eigenvalue weighted by atomic mass is 9.98. The van der Waals surface area contributed by atoms with E-state index in [0.29, 0.717) is 5.92 Å². The Morgan fingerprint density at radius 1 is 1.26 bits per heavy atom. The number of hydrogen-bond donors (Lipinski definition) is 0. The van der Waals surface area contributed by atoms with E-state index in [1.54, 1.807) is 0 Å². The van der Waals surface area contributed by atoms with Gasteiger partial charge in [0, 0.05) is 19.0 Å². The quantitative estimate of drug-likeness (QED) is 0.842. The molecule has 0 aliphatic carbocycles. The van der Waals surface area contributed by atoms with Crippen molar-refractivity contribution >= 4 is 0 Å². The molecule has 23 heavy (non-hydrogen) atoms. The maximum absolute atomic E-state index is 5.73. The SMILES string of the molecule is Cc1nc(C)n(CC2CCCN(Cc3nnc(C(C)C)o3)C2)n1. The third-order valence-electron chi connectivity index (χ3n) is 4.33. The van der Waals surface area contributed by atoms with E-state index in [4.69, 9.17) is 4.42 Å². The van der Waals surface area contributed by atoms with Crippen LogP contribution in [0.5, 0.6) is 0 Å². The van der Waals surface area contributed by atoms with Crippen LogP contribution in [0.25, 0.3) is 0 Å². The Bertz CT molecular complexity index is 647. The van der Waals surface area contributed by atoms with Crippen molar-refractivity contribution in [3.8, 4) is 0 Å². The van der Waals surface area contributed by atoms with Gasteiger partial charge in [0.2, 0.25) is 11.8 Å².